The number of hydrogen-bond donors (Lipinski definition) is 1. The third-order valence-corrected chi connectivity index (χ3v) is 4.12. The Morgan fingerprint density at radius 1 is 1.05 bits per heavy atom. The predicted molar refractivity (Wildman–Crippen MR) is 85.1 cm³/mol. The topological polar surface area (TPSA) is 32.3 Å². The molecule has 0 aliphatic carbocycles. The van der Waals surface area contributed by atoms with Gasteiger partial charge in [0, 0.05) is 23.2 Å². The largest absolute Gasteiger partial charge is 0.383 e. The highest BCUT2D eigenvalue weighted by Gasteiger charge is 2.21. The van der Waals surface area contributed by atoms with Crippen LogP contribution in [0, 0.1) is 0 Å². The van der Waals surface area contributed by atoms with E-state index in [1.54, 1.807) is 0 Å². The second-order valence-electron chi connectivity index (χ2n) is 4.76. The second-order valence-corrected chi connectivity index (χ2v) is 5.61. The van der Waals surface area contributed by atoms with Crippen LogP contribution < -0.4 is 10.2 Å². The summed E-state index contributed by atoms with van der Waals surface area (Å²) in [5.41, 5.74) is 3.04. The fourth-order valence-electron chi connectivity index (χ4n) is 2.46. The zero-order valence-corrected chi connectivity index (χ0v) is 12.6. The molecule has 0 bridgehead atoms. The van der Waals surface area contributed by atoms with Crippen molar-refractivity contribution in [1.82, 2.24) is 0 Å². The third-order valence-electron chi connectivity index (χ3n) is 3.45. The Kier molecular flexibility index (Phi) is 3.74. The van der Waals surface area contributed by atoms with E-state index in [-0.39, 0.29) is 5.91 Å². The van der Waals surface area contributed by atoms with Gasteiger partial charge in [0.05, 0.1) is 12.1 Å². The number of anilines is 2. The zero-order valence-electron chi connectivity index (χ0n) is 11.0. The number of carbonyl (C=O) groups is 1. The van der Waals surface area contributed by atoms with Gasteiger partial charge in [0.1, 0.15) is 0 Å². The fraction of sp³-hybridized carbons (Fsp3) is 0.188. The summed E-state index contributed by atoms with van der Waals surface area (Å²) in [5.74, 6) is 0.130. The summed E-state index contributed by atoms with van der Waals surface area (Å²) >= 11 is 3.52. The Morgan fingerprint density at radius 2 is 1.80 bits per heavy atom. The normalized spacial score (nSPS) is 15.1. The number of para-hydroxylation sites is 2. The summed E-state index contributed by atoms with van der Waals surface area (Å²) in [4.78, 5) is 14.4. The van der Waals surface area contributed by atoms with E-state index in [2.05, 4.69) is 21.2 Å². The lowest BCUT2D eigenvalue weighted by Gasteiger charge is -2.27. The van der Waals surface area contributed by atoms with Crippen molar-refractivity contribution in [3.05, 3.63) is 58.6 Å². The second kappa shape index (κ2) is 5.67. The predicted octanol–water partition coefficient (Wildman–Crippen LogP) is 3.45. The number of amides is 1. The molecule has 2 aromatic carbocycles. The monoisotopic (exact) mass is 330 g/mol. The van der Waals surface area contributed by atoms with Gasteiger partial charge in [-0.2, -0.15) is 0 Å². The molecule has 1 aliphatic rings. The molecule has 102 valence electrons. The van der Waals surface area contributed by atoms with E-state index in [1.807, 2.05) is 53.4 Å². The summed E-state index contributed by atoms with van der Waals surface area (Å²) in [5, 5.41) is 3.40. The Hall–Kier alpha value is -1.81. The van der Waals surface area contributed by atoms with E-state index in [0.717, 1.165) is 28.0 Å². The van der Waals surface area contributed by atoms with Gasteiger partial charge in [-0.25, -0.2) is 0 Å². The number of carbonyl (C=O) groups excluding carboxylic acids is 1. The zero-order chi connectivity index (χ0) is 13.9. The van der Waals surface area contributed by atoms with Crippen LogP contribution in [0.4, 0.5) is 11.4 Å². The number of rotatable bonds is 1. The van der Waals surface area contributed by atoms with Crippen LogP contribution in [0.2, 0.25) is 0 Å². The maximum absolute atomic E-state index is 12.6. The molecule has 3 rings (SSSR count). The van der Waals surface area contributed by atoms with Crippen LogP contribution in [-0.4, -0.2) is 19.0 Å². The van der Waals surface area contributed by atoms with Crippen molar-refractivity contribution in [2.75, 3.05) is 23.3 Å². The minimum atomic E-state index is 0.130. The maximum atomic E-state index is 12.6. The van der Waals surface area contributed by atoms with Crippen LogP contribution in [0.15, 0.2) is 53.0 Å². The van der Waals surface area contributed by atoms with E-state index in [0.29, 0.717) is 13.0 Å². The van der Waals surface area contributed by atoms with Crippen molar-refractivity contribution in [3.8, 4) is 0 Å². The molecular weight excluding hydrogens is 316 g/mol. The molecule has 1 N–H and O–H groups in total. The molecule has 0 saturated heterocycles. The highest BCUT2D eigenvalue weighted by atomic mass is 79.9. The Labute approximate surface area is 126 Å². The molecule has 1 amide bonds. The van der Waals surface area contributed by atoms with Gasteiger partial charge in [-0.1, -0.05) is 30.3 Å². The molecule has 20 heavy (non-hydrogen) atoms. The summed E-state index contributed by atoms with van der Waals surface area (Å²) in [6.45, 7) is 1.40. The van der Waals surface area contributed by atoms with E-state index in [9.17, 15) is 4.79 Å². The summed E-state index contributed by atoms with van der Waals surface area (Å²) < 4.78 is 0.946. The number of hydrogen-bond acceptors (Lipinski definition) is 2. The molecule has 0 saturated carbocycles. The van der Waals surface area contributed by atoms with Gasteiger partial charge in [0.2, 0.25) is 5.91 Å². The van der Waals surface area contributed by atoms with Gasteiger partial charge in [-0.15, -0.1) is 0 Å². The van der Waals surface area contributed by atoms with Gasteiger partial charge in [-0.3, -0.25) is 4.79 Å². The molecule has 0 fully saturated rings. The van der Waals surface area contributed by atoms with Crippen LogP contribution in [-0.2, 0) is 11.2 Å². The van der Waals surface area contributed by atoms with Crippen LogP contribution in [0.1, 0.15) is 5.56 Å². The SMILES string of the molecule is O=C1Cc2ccccc2NCCN1c1ccccc1Br. The molecule has 3 nitrogen and oxygen atoms in total. The third kappa shape index (κ3) is 2.56. The summed E-state index contributed by atoms with van der Waals surface area (Å²) in [6.07, 6.45) is 0.421. The first-order chi connectivity index (χ1) is 9.75. The van der Waals surface area contributed by atoms with Gasteiger partial charge in [-0.05, 0) is 39.7 Å². The van der Waals surface area contributed by atoms with Crippen LogP contribution in [0.5, 0.6) is 0 Å². The van der Waals surface area contributed by atoms with Gasteiger partial charge >= 0.3 is 0 Å². The average Bonchev–Trinajstić information content (AvgIpc) is 2.44. The minimum absolute atomic E-state index is 0.130. The quantitative estimate of drug-likeness (QED) is 0.868. The lowest BCUT2D eigenvalue weighted by atomic mass is 10.1. The first-order valence-corrected chi connectivity index (χ1v) is 7.41. The average molecular weight is 331 g/mol. The molecule has 1 aliphatic heterocycles. The number of nitrogens with one attached hydrogen (secondary N) is 1. The standard InChI is InChI=1S/C16H15BrN2O/c17-13-6-2-4-8-15(13)19-10-9-18-14-7-3-1-5-12(14)11-16(19)20/h1-8,18H,9-11H2. The van der Waals surface area contributed by atoms with E-state index < -0.39 is 0 Å². The van der Waals surface area contributed by atoms with Crippen LogP contribution in [0.25, 0.3) is 0 Å². The molecule has 0 unspecified atom stereocenters. The Morgan fingerprint density at radius 3 is 2.65 bits per heavy atom. The highest BCUT2D eigenvalue weighted by molar-refractivity contribution is 9.10. The van der Waals surface area contributed by atoms with Gasteiger partial charge < -0.3 is 10.2 Å². The van der Waals surface area contributed by atoms with Crippen molar-refractivity contribution in [1.29, 1.82) is 0 Å². The Bertz CT molecular complexity index is 642. The van der Waals surface area contributed by atoms with E-state index in [4.69, 9.17) is 0 Å². The van der Waals surface area contributed by atoms with Crippen LogP contribution >= 0.6 is 15.9 Å². The number of benzene rings is 2. The molecule has 0 radical (unpaired) electrons. The smallest absolute Gasteiger partial charge is 0.231 e. The van der Waals surface area contributed by atoms with Crippen molar-refractivity contribution in [2.24, 2.45) is 0 Å². The molecule has 2 aromatic rings. The van der Waals surface area contributed by atoms with Crippen molar-refractivity contribution in [3.63, 3.8) is 0 Å². The number of halogens is 1. The first-order valence-electron chi connectivity index (χ1n) is 6.62. The van der Waals surface area contributed by atoms with E-state index in [1.165, 1.54) is 0 Å². The minimum Gasteiger partial charge on any atom is -0.383 e. The lowest BCUT2D eigenvalue weighted by molar-refractivity contribution is -0.118. The van der Waals surface area contributed by atoms with E-state index >= 15 is 0 Å². The summed E-state index contributed by atoms with van der Waals surface area (Å²) in [6, 6.07) is 15.8. The van der Waals surface area contributed by atoms with Crippen molar-refractivity contribution >= 4 is 33.2 Å². The molecule has 0 atom stereocenters. The molecule has 0 spiro atoms. The van der Waals surface area contributed by atoms with Gasteiger partial charge in [0.25, 0.3) is 0 Å². The van der Waals surface area contributed by atoms with Gasteiger partial charge in [0.15, 0.2) is 0 Å². The summed E-state index contributed by atoms with van der Waals surface area (Å²) in [7, 11) is 0. The molecular formula is C16H15BrN2O. The maximum Gasteiger partial charge on any atom is 0.231 e. The van der Waals surface area contributed by atoms with Crippen molar-refractivity contribution < 1.29 is 4.79 Å². The highest BCUT2D eigenvalue weighted by Crippen LogP contribution is 2.28. The number of nitrogens with zero attached hydrogens (tertiary/aromatic N) is 1. The lowest BCUT2D eigenvalue weighted by Crippen LogP contribution is -2.38. The fourth-order valence-corrected chi connectivity index (χ4v) is 2.96. The number of fused-ring (bicyclic) bond motifs is 1. The first kappa shape index (κ1) is 13.2. The van der Waals surface area contributed by atoms with Crippen molar-refractivity contribution in [2.45, 2.75) is 6.42 Å². The Balaban J connectivity index is 1.93. The molecule has 0 aromatic heterocycles. The molecule has 1 heterocycles. The molecule has 4 heteroatoms. The van der Waals surface area contributed by atoms with Crippen LogP contribution in [0.3, 0.4) is 0 Å².